The van der Waals surface area contributed by atoms with Crippen molar-refractivity contribution in [2.45, 2.75) is 0 Å². The lowest BCUT2D eigenvalue weighted by molar-refractivity contribution is -0.112. The summed E-state index contributed by atoms with van der Waals surface area (Å²) < 4.78 is 0. The number of anilines is 2. The molecular formula is C20H13Cl2N3O2. The van der Waals surface area contributed by atoms with Gasteiger partial charge in [-0.25, -0.2) is 0 Å². The Morgan fingerprint density at radius 3 is 2.52 bits per heavy atom. The van der Waals surface area contributed by atoms with Crippen molar-refractivity contribution in [1.82, 2.24) is 0 Å². The number of phenolic OH excluding ortho intramolecular Hbond substituents is 1. The van der Waals surface area contributed by atoms with E-state index in [1.807, 2.05) is 12.1 Å². The van der Waals surface area contributed by atoms with Gasteiger partial charge in [0.1, 0.15) is 17.4 Å². The molecule has 0 saturated heterocycles. The molecule has 3 rings (SSSR count). The number of hydrogen-bond acceptors (Lipinski definition) is 4. The molecule has 3 N–H and O–H groups in total. The molecule has 0 aliphatic heterocycles. The van der Waals surface area contributed by atoms with E-state index in [0.717, 1.165) is 5.39 Å². The number of fused-ring (bicyclic) bond motifs is 1. The lowest BCUT2D eigenvalue weighted by atomic mass is 10.1. The average Bonchev–Trinajstić information content (AvgIpc) is 2.66. The first-order valence-electron chi connectivity index (χ1n) is 7.83. The predicted octanol–water partition coefficient (Wildman–Crippen LogP) is 5.31. The zero-order valence-corrected chi connectivity index (χ0v) is 15.3. The smallest absolute Gasteiger partial charge is 0.267 e. The Balaban J connectivity index is 1.83. The van der Waals surface area contributed by atoms with Gasteiger partial charge in [-0.15, -0.1) is 0 Å². The molecular weight excluding hydrogens is 385 g/mol. The fraction of sp³-hybridized carbons (Fsp3) is 0. The number of carbonyl (C=O) groups is 1. The van der Waals surface area contributed by atoms with Gasteiger partial charge in [0.25, 0.3) is 5.91 Å². The van der Waals surface area contributed by atoms with Gasteiger partial charge in [0.15, 0.2) is 0 Å². The number of carbonyl (C=O) groups excluding carboxylic acids is 1. The Bertz CT molecular complexity index is 1100. The van der Waals surface area contributed by atoms with Crippen LogP contribution in [0.1, 0.15) is 0 Å². The molecule has 0 atom stereocenters. The summed E-state index contributed by atoms with van der Waals surface area (Å²) in [5, 5.41) is 26.9. The summed E-state index contributed by atoms with van der Waals surface area (Å²) >= 11 is 11.8. The second kappa shape index (κ2) is 8.00. The number of benzene rings is 3. The first kappa shape index (κ1) is 18.6. The van der Waals surface area contributed by atoms with Gasteiger partial charge in [-0.1, -0.05) is 47.5 Å². The maximum absolute atomic E-state index is 12.3. The zero-order valence-electron chi connectivity index (χ0n) is 13.8. The van der Waals surface area contributed by atoms with Crippen LogP contribution in [-0.4, -0.2) is 11.0 Å². The van der Waals surface area contributed by atoms with E-state index in [2.05, 4.69) is 10.6 Å². The van der Waals surface area contributed by atoms with E-state index in [9.17, 15) is 15.2 Å². The number of nitriles is 1. The van der Waals surface area contributed by atoms with Crippen LogP contribution in [0.15, 0.2) is 66.4 Å². The minimum Gasteiger partial charge on any atom is -0.507 e. The lowest BCUT2D eigenvalue weighted by Gasteiger charge is -2.09. The minimum atomic E-state index is -0.591. The number of nitrogens with one attached hydrogen (secondary N) is 2. The summed E-state index contributed by atoms with van der Waals surface area (Å²) in [5.41, 5.74) is 0.947. The van der Waals surface area contributed by atoms with Crippen molar-refractivity contribution in [3.8, 4) is 11.8 Å². The Morgan fingerprint density at radius 2 is 1.78 bits per heavy atom. The van der Waals surface area contributed by atoms with Gasteiger partial charge in [0.05, 0.1) is 10.0 Å². The third kappa shape index (κ3) is 4.14. The Morgan fingerprint density at radius 1 is 1.04 bits per heavy atom. The van der Waals surface area contributed by atoms with Gasteiger partial charge in [0.2, 0.25) is 0 Å². The maximum atomic E-state index is 12.3. The molecule has 1 amide bonds. The summed E-state index contributed by atoms with van der Waals surface area (Å²) in [6.07, 6.45) is 1.31. The maximum Gasteiger partial charge on any atom is 0.267 e. The van der Waals surface area contributed by atoms with Gasteiger partial charge in [-0.05, 0) is 30.3 Å². The molecule has 0 saturated carbocycles. The Labute approximate surface area is 165 Å². The first-order chi connectivity index (χ1) is 13.0. The monoisotopic (exact) mass is 397 g/mol. The highest BCUT2D eigenvalue weighted by atomic mass is 35.5. The SMILES string of the molecule is N#C/C(=C/Nc1cccc2c(O)cccc12)C(=O)Nc1ccc(Cl)c(Cl)c1. The molecule has 0 aliphatic rings. The van der Waals surface area contributed by atoms with E-state index in [-0.39, 0.29) is 11.3 Å². The molecule has 5 nitrogen and oxygen atoms in total. The van der Waals surface area contributed by atoms with Gasteiger partial charge in [-0.3, -0.25) is 4.79 Å². The van der Waals surface area contributed by atoms with Gasteiger partial charge < -0.3 is 15.7 Å². The summed E-state index contributed by atoms with van der Waals surface area (Å²) in [4.78, 5) is 12.3. The summed E-state index contributed by atoms with van der Waals surface area (Å²) in [7, 11) is 0. The normalized spacial score (nSPS) is 11.1. The van der Waals surface area contributed by atoms with Crippen LogP contribution in [0.4, 0.5) is 11.4 Å². The van der Waals surface area contributed by atoms with Crippen molar-refractivity contribution >= 4 is 51.3 Å². The molecule has 0 fully saturated rings. The molecule has 134 valence electrons. The van der Waals surface area contributed by atoms with Crippen molar-refractivity contribution in [3.05, 3.63) is 76.4 Å². The molecule has 3 aromatic rings. The standard InChI is InChI=1S/C20H13Cl2N3O2/c21-16-8-7-13(9-17(16)22)25-20(27)12(10-23)11-24-18-5-1-4-15-14(18)3-2-6-19(15)26/h1-9,11,24,26H,(H,25,27)/b12-11-. The number of phenols is 1. The number of nitrogens with zero attached hydrogens (tertiary/aromatic N) is 1. The predicted molar refractivity (Wildman–Crippen MR) is 108 cm³/mol. The van der Waals surface area contributed by atoms with E-state index in [4.69, 9.17) is 23.2 Å². The van der Waals surface area contributed by atoms with Crippen molar-refractivity contribution < 1.29 is 9.90 Å². The van der Waals surface area contributed by atoms with Crippen LogP contribution < -0.4 is 10.6 Å². The number of hydrogen-bond donors (Lipinski definition) is 3. The van der Waals surface area contributed by atoms with Crippen molar-refractivity contribution in [2.24, 2.45) is 0 Å². The van der Waals surface area contributed by atoms with Crippen LogP contribution >= 0.6 is 23.2 Å². The van der Waals surface area contributed by atoms with Crippen molar-refractivity contribution in [3.63, 3.8) is 0 Å². The number of rotatable bonds is 4. The lowest BCUT2D eigenvalue weighted by Crippen LogP contribution is -2.14. The molecule has 3 aromatic carbocycles. The second-order valence-electron chi connectivity index (χ2n) is 5.57. The number of halogens is 2. The highest BCUT2D eigenvalue weighted by Gasteiger charge is 2.11. The van der Waals surface area contributed by atoms with E-state index < -0.39 is 5.91 Å². The van der Waals surface area contributed by atoms with E-state index in [1.165, 1.54) is 12.3 Å². The minimum absolute atomic E-state index is 0.127. The molecule has 0 heterocycles. The quantitative estimate of drug-likeness (QED) is 0.411. The third-order valence-corrected chi connectivity index (χ3v) is 4.55. The first-order valence-corrected chi connectivity index (χ1v) is 8.59. The fourth-order valence-electron chi connectivity index (χ4n) is 2.49. The van der Waals surface area contributed by atoms with E-state index in [1.54, 1.807) is 42.5 Å². The summed E-state index contributed by atoms with van der Waals surface area (Å²) in [6, 6.07) is 17.0. The largest absolute Gasteiger partial charge is 0.507 e. The number of aromatic hydroxyl groups is 1. The summed E-state index contributed by atoms with van der Waals surface area (Å²) in [5.74, 6) is -0.440. The molecule has 0 aliphatic carbocycles. The van der Waals surface area contributed by atoms with Crippen molar-refractivity contribution in [1.29, 1.82) is 5.26 Å². The van der Waals surface area contributed by atoms with Gasteiger partial charge in [0, 0.05) is 28.3 Å². The fourth-order valence-corrected chi connectivity index (χ4v) is 2.79. The van der Waals surface area contributed by atoms with Crippen LogP contribution in [0.25, 0.3) is 10.8 Å². The zero-order chi connectivity index (χ0) is 19.4. The second-order valence-corrected chi connectivity index (χ2v) is 6.39. The van der Waals surface area contributed by atoms with Crippen LogP contribution in [0.3, 0.4) is 0 Å². The third-order valence-electron chi connectivity index (χ3n) is 3.81. The van der Waals surface area contributed by atoms with Crippen LogP contribution in [0, 0.1) is 11.3 Å². The van der Waals surface area contributed by atoms with E-state index in [0.29, 0.717) is 26.8 Å². The molecule has 7 heteroatoms. The molecule has 0 bridgehead atoms. The Kier molecular flexibility index (Phi) is 5.51. The van der Waals surface area contributed by atoms with E-state index >= 15 is 0 Å². The topological polar surface area (TPSA) is 85.2 Å². The average molecular weight is 398 g/mol. The molecule has 0 radical (unpaired) electrons. The van der Waals surface area contributed by atoms with Crippen LogP contribution in [0.5, 0.6) is 5.75 Å². The van der Waals surface area contributed by atoms with Crippen LogP contribution in [0.2, 0.25) is 10.0 Å². The van der Waals surface area contributed by atoms with Gasteiger partial charge >= 0.3 is 0 Å². The molecule has 0 aromatic heterocycles. The van der Waals surface area contributed by atoms with Gasteiger partial charge in [-0.2, -0.15) is 5.26 Å². The molecule has 27 heavy (non-hydrogen) atoms. The highest BCUT2D eigenvalue weighted by molar-refractivity contribution is 6.42. The summed E-state index contributed by atoms with van der Waals surface area (Å²) in [6.45, 7) is 0. The number of amides is 1. The van der Waals surface area contributed by atoms with Crippen molar-refractivity contribution in [2.75, 3.05) is 10.6 Å². The molecule has 0 unspecified atom stereocenters. The van der Waals surface area contributed by atoms with Crippen LogP contribution in [-0.2, 0) is 4.79 Å². The Hall–Kier alpha value is -3.20. The highest BCUT2D eigenvalue weighted by Crippen LogP contribution is 2.30. The molecule has 0 spiro atoms.